The average molecular weight is 232 g/mol. The second-order valence-corrected chi connectivity index (χ2v) is 4.92. The van der Waals surface area contributed by atoms with Crippen LogP contribution in [-0.2, 0) is 4.79 Å². The topological polar surface area (TPSA) is 23.6 Å². The van der Waals surface area contributed by atoms with Crippen LogP contribution in [0, 0.1) is 0 Å². The minimum atomic E-state index is -1.93. The number of carbonyl (C=O) groups is 1. The summed E-state index contributed by atoms with van der Waals surface area (Å²) in [5.74, 6) is -0.589. The maximum atomic E-state index is 11.9. The fourth-order valence-corrected chi connectivity index (χ4v) is 1.78. The first-order valence-corrected chi connectivity index (χ1v) is 5.37. The van der Waals surface area contributed by atoms with Gasteiger partial charge in [0.15, 0.2) is 0 Å². The molecule has 0 bridgehead atoms. The maximum absolute atomic E-state index is 11.9. The van der Waals surface area contributed by atoms with Crippen LogP contribution in [0.2, 0.25) is 0 Å². The second-order valence-electron chi connectivity index (χ2n) is 4.92. The summed E-state index contributed by atoms with van der Waals surface area (Å²) in [6.07, 6.45) is -1.53. The molecule has 0 saturated carbocycles. The molecular weight excluding hydrogens is 214 g/mol. The Morgan fingerprint density at radius 1 is 1.12 bits per heavy atom. The van der Waals surface area contributed by atoms with Gasteiger partial charge in [-0.05, 0) is 20.8 Å². The highest BCUT2D eigenvalue weighted by Gasteiger charge is 2.27. The van der Waals surface area contributed by atoms with Crippen LogP contribution in [-0.4, -0.2) is 47.4 Å². The minimum absolute atomic E-state index is 0.0658. The molecule has 1 saturated heterocycles. The summed E-state index contributed by atoms with van der Waals surface area (Å²) < 4.78 is 23.8. The first-order chi connectivity index (χ1) is 7.30. The predicted molar refractivity (Wildman–Crippen MR) is 58.2 cm³/mol. The summed E-state index contributed by atoms with van der Waals surface area (Å²) >= 11 is 0. The molecule has 0 aromatic heterocycles. The lowest BCUT2D eigenvalue weighted by molar-refractivity contribution is -0.128. The van der Waals surface area contributed by atoms with Crippen molar-refractivity contribution in [1.29, 1.82) is 0 Å². The molecule has 1 amide bonds. The molecule has 92 valence electrons. The number of halogens is 2. The molecule has 0 spiro atoms. The summed E-state index contributed by atoms with van der Waals surface area (Å²) in [6, 6.07) is 0. The fraction of sp³-hybridized carbons (Fsp3) is 0.727. The molecule has 1 aliphatic rings. The first kappa shape index (κ1) is 13.1. The van der Waals surface area contributed by atoms with Crippen LogP contribution in [0.5, 0.6) is 0 Å². The Morgan fingerprint density at radius 2 is 1.62 bits per heavy atom. The zero-order valence-electron chi connectivity index (χ0n) is 9.96. The van der Waals surface area contributed by atoms with Crippen LogP contribution in [0.25, 0.3) is 0 Å². The number of rotatable bonds is 1. The smallest absolute Gasteiger partial charge is 0.275 e. The van der Waals surface area contributed by atoms with E-state index in [1.165, 1.54) is 4.90 Å². The quantitative estimate of drug-likeness (QED) is 0.642. The molecule has 0 aliphatic carbocycles. The molecule has 0 aromatic rings. The lowest BCUT2D eigenvalue weighted by Crippen LogP contribution is -2.54. The van der Waals surface area contributed by atoms with E-state index in [2.05, 4.69) is 25.7 Å². The Balaban J connectivity index is 2.50. The molecule has 0 atom stereocenters. The van der Waals surface area contributed by atoms with Crippen molar-refractivity contribution in [2.75, 3.05) is 26.2 Å². The summed E-state index contributed by atoms with van der Waals surface area (Å²) in [7, 11) is 0. The number of amides is 1. The van der Waals surface area contributed by atoms with E-state index in [4.69, 9.17) is 0 Å². The second kappa shape index (κ2) is 4.91. The highest BCUT2D eigenvalue weighted by molar-refractivity contribution is 5.87. The molecule has 3 nitrogen and oxygen atoms in total. The van der Waals surface area contributed by atoms with Crippen molar-refractivity contribution in [2.45, 2.75) is 26.3 Å². The number of carbonyl (C=O) groups excluding carboxylic acids is 1. The summed E-state index contributed by atoms with van der Waals surface area (Å²) in [5, 5.41) is 0. The largest absolute Gasteiger partial charge is 0.336 e. The van der Waals surface area contributed by atoms with Crippen molar-refractivity contribution < 1.29 is 13.6 Å². The van der Waals surface area contributed by atoms with Gasteiger partial charge in [0.25, 0.3) is 12.0 Å². The van der Waals surface area contributed by atoms with Gasteiger partial charge >= 0.3 is 0 Å². The van der Waals surface area contributed by atoms with Crippen LogP contribution in [0.3, 0.4) is 0 Å². The van der Waals surface area contributed by atoms with Crippen molar-refractivity contribution in [2.24, 2.45) is 0 Å². The Bertz CT molecular complexity index is 285. The zero-order chi connectivity index (χ0) is 12.3. The van der Waals surface area contributed by atoms with E-state index >= 15 is 0 Å². The van der Waals surface area contributed by atoms with Gasteiger partial charge in [0.05, 0.1) is 6.08 Å². The van der Waals surface area contributed by atoms with Crippen LogP contribution in [0.1, 0.15) is 20.8 Å². The molecule has 1 fully saturated rings. The van der Waals surface area contributed by atoms with Crippen LogP contribution in [0.15, 0.2) is 12.2 Å². The highest BCUT2D eigenvalue weighted by atomic mass is 19.3. The van der Waals surface area contributed by atoms with Gasteiger partial charge < -0.3 is 4.90 Å². The number of hydrogen-bond acceptors (Lipinski definition) is 2. The Kier molecular flexibility index (Phi) is 4.02. The molecule has 1 rings (SSSR count). The lowest BCUT2D eigenvalue weighted by atomic mass is 10.1. The fourth-order valence-electron chi connectivity index (χ4n) is 1.78. The molecule has 0 aromatic carbocycles. The third-order valence-electron chi connectivity index (χ3n) is 2.77. The minimum Gasteiger partial charge on any atom is -0.336 e. The summed E-state index contributed by atoms with van der Waals surface area (Å²) in [5.41, 5.74) is 0.0658. The van der Waals surface area contributed by atoms with Crippen molar-refractivity contribution in [3.8, 4) is 0 Å². The average Bonchev–Trinajstić information content (AvgIpc) is 2.15. The lowest BCUT2D eigenvalue weighted by Gasteiger charge is -2.41. The molecule has 0 radical (unpaired) electrons. The Morgan fingerprint density at radius 3 is 2.00 bits per heavy atom. The van der Waals surface area contributed by atoms with Gasteiger partial charge in [-0.2, -0.15) is 8.78 Å². The number of nitrogens with zero attached hydrogens (tertiary/aromatic N) is 2. The summed E-state index contributed by atoms with van der Waals surface area (Å²) in [6.45, 7) is 8.80. The van der Waals surface area contributed by atoms with Crippen molar-refractivity contribution in [1.82, 2.24) is 9.80 Å². The molecule has 1 aliphatic heterocycles. The van der Waals surface area contributed by atoms with Crippen LogP contribution < -0.4 is 0 Å². The zero-order valence-corrected chi connectivity index (χ0v) is 9.96. The van der Waals surface area contributed by atoms with Crippen molar-refractivity contribution >= 4 is 5.91 Å². The highest BCUT2D eigenvalue weighted by Crippen LogP contribution is 2.16. The van der Waals surface area contributed by atoms with Gasteiger partial charge in [-0.1, -0.05) is 0 Å². The van der Waals surface area contributed by atoms with E-state index in [9.17, 15) is 13.6 Å². The van der Waals surface area contributed by atoms with Gasteiger partial charge in [-0.15, -0.1) is 0 Å². The van der Waals surface area contributed by atoms with E-state index < -0.39 is 12.0 Å². The van der Waals surface area contributed by atoms with Crippen molar-refractivity contribution in [3.05, 3.63) is 12.2 Å². The van der Waals surface area contributed by atoms with Gasteiger partial charge in [-0.25, -0.2) is 0 Å². The van der Waals surface area contributed by atoms with E-state index in [-0.39, 0.29) is 5.54 Å². The van der Waals surface area contributed by atoms with Crippen LogP contribution in [0.4, 0.5) is 8.78 Å². The summed E-state index contributed by atoms with van der Waals surface area (Å²) in [4.78, 5) is 15.0. The van der Waals surface area contributed by atoms with Gasteiger partial charge in [-0.3, -0.25) is 9.69 Å². The van der Waals surface area contributed by atoms with Gasteiger partial charge in [0.2, 0.25) is 0 Å². The van der Waals surface area contributed by atoms with E-state index in [0.29, 0.717) is 19.2 Å². The number of piperazine rings is 1. The third kappa shape index (κ3) is 3.56. The Labute approximate surface area is 94.7 Å². The van der Waals surface area contributed by atoms with E-state index in [1.54, 1.807) is 0 Å². The van der Waals surface area contributed by atoms with Gasteiger partial charge in [0.1, 0.15) is 0 Å². The Hall–Kier alpha value is -0.970. The third-order valence-corrected chi connectivity index (χ3v) is 2.77. The van der Waals surface area contributed by atoms with Crippen molar-refractivity contribution in [3.63, 3.8) is 0 Å². The monoisotopic (exact) mass is 232 g/mol. The first-order valence-electron chi connectivity index (χ1n) is 5.37. The van der Waals surface area contributed by atoms with Crippen LogP contribution >= 0.6 is 0 Å². The maximum Gasteiger partial charge on any atom is 0.275 e. The molecule has 1 heterocycles. The molecule has 16 heavy (non-hydrogen) atoms. The van der Waals surface area contributed by atoms with E-state index in [1.807, 2.05) is 0 Å². The standard InChI is InChI=1S/C11H18F2N2O/c1-11(2,3)15-6-4-14(5-7-15)10(16)8-9(12)13/h8H,4-7H2,1-3H3. The predicted octanol–water partition coefficient (Wildman–Crippen LogP) is 1.71. The SMILES string of the molecule is CC(C)(C)N1CCN(C(=O)C=C(F)F)CC1. The van der Waals surface area contributed by atoms with E-state index in [0.717, 1.165) is 13.1 Å². The molecule has 0 unspecified atom stereocenters. The molecular formula is C11H18F2N2O. The molecule has 0 N–H and O–H groups in total. The van der Waals surface area contributed by atoms with Gasteiger partial charge in [0, 0.05) is 31.7 Å². The normalized spacial score (nSPS) is 18.4. The number of hydrogen-bond donors (Lipinski definition) is 0. The molecule has 5 heteroatoms.